The molecule has 0 aromatic carbocycles. The Balaban J connectivity index is 1.54. The first-order valence-corrected chi connectivity index (χ1v) is 8.66. The Kier molecular flexibility index (Phi) is 3.47. The first-order valence-electron chi connectivity index (χ1n) is 7.78. The van der Waals surface area contributed by atoms with Gasteiger partial charge in [-0.15, -0.1) is 11.3 Å². The van der Waals surface area contributed by atoms with Gasteiger partial charge in [0.2, 0.25) is 0 Å². The van der Waals surface area contributed by atoms with Crippen molar-refractivity contribution in [1.29, 1.82) is 0 Å². The van der Waals surface area contributed by atoms with E-state index in [9.17, 15) is 0 Å². The summed E-state index contributed by atoms with van der Waals surface area (Å²) in [5.74, 6) is 1.60. The van der Waals surface area contributed by atoms with Crippen LogP contribution in [0.25, 0.3) is 10.7 Å². The van der Waals surface area contributed by atoms with Gasteiger partial charge in [0.05, 0.1) is 10.4 Å². The molecule has 1 N–H and O–H groups in total. The zero-order valence-corrected chi connectivity index (χ0v) is 13.1. The van der Waals surface area contributed by atoms with Gasteiger partial charge in [0.1, 0.15) is 0 Å². The largest absolute Gasteiger partial charge is 0.314 e. The van der Waals surface area contributed by atoms with Crippen LogP contribution in [-0.2, 0) is 12.8 Å². The van der Waals surface area contributed by atoms with Crippen LogP contribution < -0.4 is 5.32 Å². The maximum Gasteiger partial charge on any atom is 0.171 e. The van der Waals surface area contributed by atoms with E-state index in [0.29, 0.717) is 0 Å². The molecule has 0 bridgehead atoms. The molecule has 110 valence electrons. The van der Waals surface area contributed by atoms with E-state index in [4.69, 9.17) is 9.97 Å². The third-order valence-corrected chi connectivity index (χ3v) is 5.28. The van der Waals surface area contributed by atoms with E-state index < -0.39 is 0 Å². The minimum Gasteiger partial charge on any atom is -0.314 e. The fourth-order valence-corrected chi connectivity index (χ4v) is 3.64. The Morgan fingerprint density at radius 3 is 2.95 bits per heavy atom. The molecule has 1 unspecified atom stereocenters. The molecule has 5 heteroatoms. The van der Waals surface area contributed by atoms with Gasteiger partial charge in [-0.05, 0) is 57.1 Å². The summed E-state index contributed by atoms with van der Waals surface area (Å²) in [5.41, 5.74) is 5.64. The van der Waals surface area contributed by atoms with Crippen LogP contribution in [-0.4, -0.2) is 27.5 Å². The lowest BCUT2D eigenvalue weighted by atomic mass is 9.85. The summed E-state index contributed by atoms with van der Waals surface area (Å²) >= 11 is 1.61. The molecule has 2 aliphatic carbocycles. The Morgan fingerprint density at radius 1 is 1.29 bits per heavy atom. The van der Waals surface area contributed by atoms with Crippen LogP contribution in [0.1, 0.15) is 36.2 Å². The van der Waals surface area contributed by atoms with Gasteiger partial charge in [0, 0.05) is 23.6 Å². The molecule has 0 radical (unpaired) electrons. The van der Waals surface area contributed by atoms with Crippen LogP contribution in [0.2, 0.25) is 0 Å². The topological polar surface area (TPSA) is 50.7 Å². The molecular formula is C16H20N4S. The number of fused-ring (bicyclic) bond motifs is 1. The number of nitrogens with one attached hydrogen (secondary N) is 1. The molecular weight excluding hydrogens is 280 g/mol. The normalized spacial score (nSPS) is 21.3. The van der Waals surface area contributed by atoms with Crippen molar-refractivity contribution in [1.82, 2.24) is 20.3 Å². The average molecular weight is 300 g/mol. The maximum absolute atomic E-state index is 4.80. The first kappa shape index (κ1) is 13.3. The van der Waals surface area contributed by atoms with E-state index in [0.717, 1.165) is 47.7 Å². The third-order valence-electron chi connectivity index (χ3n) is 4.51. The summed E-state index contributed by atoms with van der Waals surface area (Å²) in [4.78, 5) is 14.7. The molecule has 0 saturated heterocycles. The molecule has 2 aliphatic rings. The maximum atomic E-state index is 4.80. The van der Waals surface area contributed by atoms with Crippen LogP contribution in [0.3, 0.4) is 0 Å². The number of aromatic nitrogens is 3. The van der Waals surface area contributed by atoms with Crippen molar-refractivity contribution in [3.63, 3.8) is 0 Å². The molecule has 1 saturated carbocycles. The molecule has 1 atom stereocenters. The highest BCUT2D eigenvalue weighted by molar-refractivity contribution is 7.13. The van der Waals surface area contributed by atoms with Crippen molar-refractivity contribution in [2.75, 3.05) is 6.54 Å². The molecule has 2 aromatic rings. The second kappa shape index (κ2) is 5.46. The lowest BCUT2D eigenvalue weighted by Gasteiger charge is -2.25. The van der Waals surface area contributed by atoms with Crippen molar-refractivity contribution >= 4 is 11.3 Å². The number of hydrogen-bond acceptors (Lipinski definition) is 5. The molecule has 2 aromatic heterocycles. The van der Waals surface area contributed by atoms with Crippen LogP contribution in [0.5, 0.6) is 0 Å². The lowest BCUT2D eigenvalue weighted by Crippen LogP contribution is -2.29. The average Bonchev–Trinajstić information content (AvgIpc) is 3.16. The van der Waals surface area contributed by atoms with Gasteiger partial charge >= 0.3 is 0 Å². The lowest BCUT2D eigenvalue weighted by molar-refractivity contribution is 0.417. The van der Waals surface area contributed by atoms with E-state index in [-0.39, 0.29) is 0 Å². The van der Waals surface area contributed by atoms with Crippen LogP contribution in [0.15, 0.2) is 11.7 Å². The van der Waals surface area contributed by atoms with Crippen LogP contribution in [0.4, 0.5) is 0 Å². The van der Waals surface area contributed by atoms with Gasteiger partial charge in [0.15, 0.2) is 5.82 Å². The van der Waals surface area contributed by atoms with Crippen molar-refractivity contribution in [2.24, 2.45) is 5.92 Å². The van der Waals surface area contributed by atoms with E-state index in [1.54, 1.807) is 11.3 Å². The van der Waals surface area contributed by atoms with Crippen molar-refractivity contribution < 1.29 is 0 Å². The summed E-state index contributed by atoms with van der Waals surface area (Å²) in [7, 11) is 0. The monoisotopic (exact) mass is 300 g/mol. The van der Waals surface area contributed by atoms with E-state index in [1.165, 1.54) is 30.5 Å². The van der Waals surface area contributed by atoms with E-state index in [1.807, 2.05) is 11.7 Å². The van der Waals surface area contributed by atoms with Crippen molar-refractivity contribution in [3.05, 3.63) is 28.7 Å². The standard InChI is InChI=1S/C16H20N4S/c1-10-13-6-11(7-18-12-3-4-12)2-5-14(13)20-16(19-10)15-8-17-9-21-15/h8-9,11-12,18H,2-7H2,1H3. The van der Waals surface area contributed by atoms with Gasteiger partial charge in [-0.25, -0.2) is 9.97 Å². The quantitative estimate of drug-likeness (QED) is 0.943. The first-order chi connectivity index (χ1) is 10.3. The zero-order chi connectivity index (χ0) is 14.2. The predicted molar refractivity (Wildman–Crippen MR) is 84.4 cm³/mol. The SMILES string of the molecule is Cc1nc(-c2cncs2)nc2c1CC(CNC1CC1)CC2. The second-order valence-electron chi connectivity index (χ2n) is 6.21. The minimum absolute atomic E-state index is 0.745. The summed E-state index contributed by atoms with van der Waals surface area (Å²) in [6.07, 6.45) is 8.04. The Bertz CT molecular complexity index is 634. The van der Waals surface area contributed by atoms with Crippen LogP contribution in [0, 0.1) is 12.8 Å². The summed E-state index contributed by atoms with van der Waals surface area (Å²) in [6.45, 7) is 3.28. The van der Waals surface area contributed by atoms with Gasteiger partial charge < -0.3 is 5.32 Å². The molecule has 4 nitrogen and oxygen atoms in total. The summed E-state index contributed by atoms with van der Waals surface area (Å²) < 4.78 is 0. The van der Waals surface area contributed by atoms with Crippen LogP contribution >= 0.6 is 11.3 Å². The fourth-order valence-electron chi connectivity index (χ4n) is 3.09. The summed E-state index contributed by atoms with van der Waals surface area (Å²) in [5, 5.41) is 3.66. The molecule has 0 aliphatic heterocycles. The van der Waals surface area contributed by atoms with Gasteiger partial charge in [-0.2, -0.15) is 0 Å². The Morgan fingerprint density at radius 2 is 2.19 bits per heavy atom. The number of hydrogen-bond donors (Lipinski definition) is 1. The molecule has 0 amide bonds. The minimum atomic E-state index is 0.745. The Hall–Kier alpha value is -1.33. The number of rotatable bonds is 4. The van der Waals surface area contributed by atoms with Crippen molar-refractivity contribution in [2.45, 2.75) is 45.1 Å². The Labute approximate surface area is 129 Å². The highest BCUT2D eigenvalue weighted by Crippen LogP contribution is 2.29. The third kappa shape index (κ3) is 2.85. The van der Waals surface area contributed by atoms with Gasteiger partial charge in [-0.3, -0.25) is 4.98 Å². The number of aryl methyl sites for hydroxylation is 2. The molecule has 21 heavy (non-hydrogen) atoms. The molecule has 0 spiro atoms. The van der Waals surface area contributed by atoms with Gasteiger partial charge in [-0.1, -0.05) is 0 Å². The molecule has 1 fully saturated rings. The van der Waals surface area contributed by atoms with Crippen molar-refractivity contribution in [3.8, 4) is 10.7 Å². The molecule has 2 heterocycles. The number of thiazole rings is 1. The van der Waals surface area contributed by atoms with E-state index >= 15 is 0 Å². The second-order valence-corrected chi connectivity index (χ2v) is 7.10. The predicted octanol–water partition coefficient (Wildman–Crippen LogP) is 2.77. The van der Waals surface area contributed by atoms with Gasteiger partial charge in [0.25, 0.3) is 0 Å². The summed E-state index contributed by atoms with van der Waals surface area (Å²) in [6, 6.07) is 0.803. The highest BCUT2D eigenvalue weighted by atomic mass is 32.1. The zero-order valence-electron chi connectivity index (χ0n) is 12.3. The highest BCUT2D eigenvalue weighted by Gasteiger charge is 2.26. The molecule has 4 rings (SSSR count). The fraction of sp³-hybridized carbons (Fsp3) is 0.562. The van der Waals surface area contributed by atoms with E-state index in [2.05, 4.69) is 17.2 Å². The smallest absolute Gasteiger partial charge is 0.171 e. The number of nitrogens with zero attached hydrogens (tertiary/aromatic N) is 3.